The van der Waals surface area contributed by atoms with E-state index in [4.69, 9.17) is 0 Å². The van der Waals surface area contributed by atoms with E-state index in [1.807, 2.05) is 6.08 Å². The average molecular weight is 405 g/mol. The van der Waals surface area contributed by atoms with Crippen molar-refractivity contribution in [2.45, 2.75) is 70.1 Å². The maximum atomic E-state index is 12.3. The van der Waals surface area contributed by atoms with Crippen LogP contribution in [0.1, 0.15) is 49.5 Å². The molecule has 1 N–H and O–H groups in total. The largest absolute Gasteiger partial charge is 0.353 e. The number of hydrogen-bond acceptors (Lipinski definition) is 5. The Morgan fingerprint density at radius 1 is 1.41 bits per heavy atom. The van der Waals surface area contributed by atoms with E-state index in [0.29, 0.717) is 18.3 Å². The molecule has 0 bridgehead atoms. The molecule has 0 aliphatic heterocycles. The smallest absolute Gasteiger partial charge is 0.230 e. The molecule has 1 amide bonds. The summed E-state index contributed by atoms with van der Waals surface area (Å²) in [5.41, 5.74) is 2.47. The van der Waals surface area contributed by atoms with E-state index in [0.717, 1.165) is 35.8 Å². The number of carbonyl (C=O) groups excluding carboxylic acids is 1. The van der Waals surface area contributed by atoms with Gasteiger partial charge in [-0.1, -0.05) is 44.0 Å². The summed E-state index contributed by atoms with van der Waals surface area (Å²) in [6.07, 6.45) is 8.75. The van der Waals surface area contributed by atoms with Crippen LogP contribution in [0.15, 0.2) is 23.2 Å². The summed E-state index contributed by atoms with van der Waals surface area (Å²) < 4.78 is 2.06. The van der Waals surface area contributed by atoms with Crippen LogP contribution in [0.25, 0.3) is 11.4 Å². The third-order valence-corrected chi connectivity index (χ3v) is 6.95. The second-order valence-corrected chi connectivity index (χ2v) is 8.96. The topological polar surface area (TPSA) is 59.8 Å². The molecule has 27 heavy (non-hydrogen) atoms. The fraction of sp³-hybridized carbons (Fsp3) is 0.550. The van der Waals surface area contributed by atoms with E-state index in [-0.39, 0.29) is 5.91 Å². The number of aromatic nitrogens is 3. The Morgan fingerprint density at radius 2 is 2.19 bits per heavy atom. The number of nitrogens with zero attached hydrogens (tertiary/aromatic N) is 3. The molecule has 0 unspecified atom stereocenters. The fourth-order valence-electron chi connectivity index (χ4n) is 3.64. The van der Waals surface area contributed by atoms with E-state index in [1.54, 1.807) is 11.3 Å². The van der Waals surface area contributed by atoms with Crippen molar-refractivity contribution in [1.82, 2.24) is 20.1 Å². The molecular formula is C20H28N4OS2. The lowest BCUT2D eigenvalue weighted by molar-refractivity contribution is -0.119. The monoisotopic (exact) mass is 404 g/mol. The minimum Gasteiger partial charge on any atom is -0.353 e. The number of nitrogens with one attached hydrogen (secondary N) is 1. The van der Waals surface area contributed by atoms with Gasteiger partial charge in [0.25, 0.3) is 0 Å². The predicted molar refractivity (Wildman–Crippen MR) is 113 cm³/mol. The summed E-state index contributed by atoms with van der Waals surface area (Å²) in [4.78, 5) is 13.6. The van der Waals surface area contributed by atoms with E-state index >= 15 is 0 Å². The van der Waals surface area contributed by atoms with Gasteiger partial charge in [-0.3, -0.25) is 9.36 Å². The zero-order valence-corrected chi connectivity index (χ0v) is 17.8. The van der Waals surface area contributed by atoms with Crippen molar-refractivity contribution in [2.75, 3.05) is 5.75 Å². The third kappa shape index (κ3) is 4.82. The lowest BCUT2D eigenvalue weighted by Gasteiger charge is -2.22. The fourth-order valence-corrected chi connectivity index (χ4v) is 5.34. The van der Waals surface area contributed by atoms with Gasteiger partial charge in [-0.2, -0.15) is 0 Å². The van der Waals surface area contributed by atoms with Crippen molar-refractivity contribution in [3.8, 4) is 11.4 Å². The third-order valence-electron chi connectivity index (χ3n) is 5.03. The highest BCUT2D eigenvalue weighted by Crippen LogP contribution is 2.32. The highest BCUT2D eigenvalue weighted by Gasteiger charge is 2.20. The van der Waals surface area contributed by atoms with E-state index in [1.165, 1.54) is 41.5 Å². The Hall–Kier alpha value is -1.60. The van der Waals surface area contributed by atoms with E-state index < -0.39 is 0 Å². The number of thioether (sulfide) groups is 1. The zero-order chi connectivity index (χ0) is 19.2. The van der Waals surface area contributed by atoms with Gasteiger partial charge in [-0.25, -0.2) is 0 Å². The summed E-state index contributed by atoms with van der Waals surface area (Å²) in [5, 5.41) is 14.9. The molecule has 0 saturated heterocycles. The van der Waals surface area contributed by atoms with Gasteiger partial charge in [0.2, 0.25) is 5.91 Å². The molecule has 3 rings (SSSR count). The molecule has 1 aliphatic rings. The minimum atomic E-state index is 0.0854. The summed E-state index contributed by atoms with van der Waals surface area (Å²) in [6, 6.07) is 0.342. The molecule has 1 fully saturated rings. The molecule has 0 spiro atoms. The molecule has 2 aromatic rings. The van der Waals surface area contributed by atoms with Crippen LogP contribution in [0.2, 0.25) is 0 Å². The number of thiophene rings is 1. The second kappa shape index (κ2) is 9.55. The molecule has 0 atom stereocenters. The minimum absolute atomic E-state index is 0.0854. The van der Waals surface area contributed by atoms with Crippen LogP contribution in [-0.2, 0) is 17.8 Å². The Balaban J connectivity index is 1.71. The number of allylic oxidation sites excluding steroid dienone is 1. The van der Waals surface area contributed by atoms with Crippen molar-refractivity contribution in [2.24, 2.45) is 0 Å². The molecular weight excluding hydrogens is 376 g/mol. The molecule has 5 nitrogen and oxygen atoms in total. The Morgan fingerprint density at radius 3 is 2.89 bits per heavy atom. The molecule has 1 saturated carbocycles. The first-order valence-electron chi connectivity index (χ1n) is 9.67. The van der Waals surface area contributed by atoms with Crippen LogP contribution in [-0.4, -0.2) is 32.5 Å². The van der Waals surface area contributed by atoms with Crippen molar-refractivity contribution < 1.29 is 4.79 Å². The van der Waals surface area contributed by atoms with Crippen LogP contribution in [0.5, 0.6) is 0 Å². The first-order valence-corrected chi connectivity index (χ1v) is 11.5. The highest BCUT2D eigenvalue weighted by atomic mass is 32.2. The van der Waals surface area contributed by atoms with Gasteiger partial charge in [0, 0.05) is 28.4 Å². The quantitative estimate of drug-likeness (QED) is 0.516. The lowest BCUT2D eigenvalue weighted by Crippen LogP contribution is -2.37. The summed E-state index contributed by atoms with van der Waals surface area (Å²) in [5.74, 6) is 1.32. The van der Waals surface area contributed by atoms with Gasteiger partial charge >= 0.3 is 0 Å². The van der Waals surface area contributed by atoms with Crippen molar-refractivity contribution in [3.05, 3.63) is 28.5 Å². The van der Waals surface area contributed by atoms with Crippen molar-refractivity contribution in [1.29, 1.82) is 0 Å². The highest BCUT2D eigenvalue weighted by molar-refractivity contribution is 7.99. The molecule has 0 radical (unpaired) electrons. The average Bonchev–Trinajstić information content (AvgIpc) is 3.24. The van der Waals surface area contributed by atoms with Gasteiger partial charge in [-0.15, -0.1) is 28.1 Å². The number of carbonyl (C=O) groups is 1. The maximum Gasteiger partial charge on any atom is 0.230 e. The Labute approximate surface area is 169 Å². The van der Waals surface area contributed by atoms with Gasteiger partial charge in [0.05, 0.1) is 5.75 Å². The molecule has 2 aromatic heterocycles. The van der Waals surface area contributed by atoms with E-state index in [2.05, 4.69) is 45.9 Å². The molecule has 146 valence electrons. The summed E-state index contributed by atoms with van der Waals surface area (Å²) in [7, 11) is 0. The van der Waals surface area contributed by atoms with Crippen molar-refractivity contribution in [3.63, 3.8) is 0 Å². The zero-order valence-electron chi connectivity index (χ0n) is 16.2. The van der Waals surface area contributed by atoms with Gasteiger partial charge in [0.15, 0.2) is 11.0 Å². The van der Waals surface area contributed by atoms with Crippen LogP contribution in [0.3, 0.4) is 0 Å². The Bertz CT molecular complexity index is 790. The van der Waals surface area contributed by atoms with Crippen molar-refractivity contribution >= 4 is 29.0 Å². The van der Waals surface area contributed by atoms with Gasteiger partial charge in [0.1, 0.15) is 0 Å². The van der Waals surface area contributed by atoms with E-state index in [9.17, 15) is 4.79 Å². The standard InChI is InChI=1S/C20H28N4OS2/c1-4-11-24-19(17-12-26-14(3)16(17)5-2)22-23-20(24)27-13-18(25)21-15-9-7-6-8-10-15/h4,12,15H,1,5-11,13H2,2-3H3,(H,21,25). The maximum absolute atomic E-state index is 12.3. The first-order chi connectivity index (χ1) is 13.1. The molecule has 2 heterocycles. The summed E-state index contributed by atoms with van der Waals surface area (Å²) >= 11 is 3.20. The molecule has 0 aromatic carbocycles. The molecule has 7 heteroatoms. The van der Waals surface area contributed by atoms with Gasteiger partial charge < -0.3 is 5.32 Å². The lowest BCUT2D eigenvalue weighted by atomic mass is 9.95. The van der Waals surface area contributed by atoms with Crippen LogP contribution in [0.4, 0.5) is 0 Å². The number of amides is 1. The number of hydrogen-bond donors (Lipinski definition) is 1. The second-order valence-electron chi connectivity index (χ2n) is 6.93. The van der Waals surface area contributed by atoms with Crippen LogP contribution < -0.4 is 5.32 Å². The molecule has 1 aliphatic carbocycles. The van der Waals surface area contributed by atoms with Crippen LogP contribution in [0, 0.1) is 6.92 Å². The SMILES string of the molecule is C=CCn1c(SCC(=O)NC2CCCCC2)nnc1-c1csc(C)c1CC. The predicted octanol–water partition coefficient (Wildman–Crippen LogP) is 4.60. The number of rotatable bonds is 8. The Kier molecular flexibility index (Phi) is 7.13. The number of aryl methyl sites for hydroxylation is 1. The first kappa shape index (κ1) is 20.1. The summed E-state index contributed by atoms with van der Waals surface area (Å²) in [6.45, 7) is 8.81. The van der Waals surface area contributed by atoms with Gasteiger partial charge in [-0.05, 0) is 31.7 Å². The van der Waals surface area contributed by atoms with Crippen LogP contribution >= 0.6 is 23.1 Å². The normalized spacial score (nSPS) is 15.0.